The Kier molecular flexibility index (Phi) is 9.83. The Hall–Kier alpha value is -0.0300. The molecule has 2 fully saturated rings. The third kappa shape index (κ3) is 6.23. The van der Waals surface area contributed by atoms with Crippen molar-refractivity contribution < 1.29 is 4.79 Å². The Labute approximate surface area is 122 Å². The SMILES string of the molecule is Cl.Cl.O=C(CC1CCNC1)NCCN1CCCC1. The molecule has 0 bridgehead atoms. The number of likely N-dealkylation sites (tertiary alicyclic amines) is 1. The highest BCUT2D eigenvalue weighted by atomic mass is 35.5. The zero-order valence-electron chi connectivity index (χ0n) is 10.8. The molecule has 2 saturated heterocycles. The van der Waals surface area contributed by atoms with E-state index in [0.717, 1.165) is 32.6 Å². The van der Waals surface area contributed by atoms with Crippen molar-refractivity contribution in [1.82, 2.24) is 15.5 Å². The average molecular weight is 298 g/mol. The minimum Gasteiger partial charge on any atom is -0.355 e. The smallest absolute Gasteiger partial charge is 0.220 e. The molecule has 6 heteroatoms. The van der Waals surface area contributed by atoms with Crippen LogP contribution in [0, 0.1) is 5.92 Å². The summed E-state index contributed by atoms with van der Waals surface area (Å²) in [7, 11) is 0. The Morgan fingerprint density at radius 3 is 2.61 bits per heavy atom. The van der Waals surface area contributed by atoms with E-state index < -0.39 is 0 Å². The third-order valence-corrected chi connectivity index (χ3v) is 3.59. The molecule has 2 N–H and O–H groups in total. The lowest BCUT2D eigenvalue weighted by atomic mass is 10.0. The maximum atomic E-state index is 11.6. The first-order valence-corrected chi connectivity index (χ1v) is 6.54. The minimum atomic E-state index is 0. The lowest BCUT2D eigenvalue weighted by Gasteiger charge is -2.15. The number of rotatable bonds is 5. The van der Waals surface area contributed by atoms with Crippen LogP contribution < -0.4 is 10.6 Å². The van der Waals surface area contributed by atoms with Gasteiger partial charge in [0, 0.05) is 19.5 Å². The van der Waals surface area contributed by atoms with Gasteiger partial charge in [0.05, 0.1) is 0 Å². The van der Waals surface area contributed by atoms with Crippen molar-refractivity contribution in [2.75, 3.05) is 39.3 Å². The maximum Gasteiger partial charge on any atom is 0.220 e. The van der Waals surface area contributed by atoms with Crippen molar-refractivity contribution in [3.05, 3.63) is 0 Å². The molecule has 2 rings (SSSR count). The topological polar surface area (TPSA) is 44.4 Å². The van der Waals surface area contributed by atoms with E-state index in [-0.39, 0.29) is 30.7 Å². The summed E-state index contributed by atoms with van der Waals surface area (Å²) < 4.78 is 0. The van der Waals surface area contributed by atoms with Gasteiger partial charge < -0.3 is 15.5 Å². The number of hydrogen-bond acceptors (Lipinski definition) is 3. The van der Waals surface area contributed by atoms with E-state index in [0.29, 0.717) is 12.3 Å². The van der Waals surface area contributed by atoms with Crippen LogP contribution >= 0.6 is 24.8 Å². The highest BCUT2D eigenvalue weighted by Gasteiger charge is 2.18. The molecular weight excluding hydrogens is 273 g/mol. The van der Waals surface area contributed by atoms with Crippen molar-refractivity contribution in [2.45, 2.75) is 25.7 Å². The van der Waals surface area contributed by atoms with Crippen LogP contribution in [-0.4, -0.2) is 50.1 Å². The van der Waals surface area contributed by atoms with Crippen LogP contribution in [0.3, 0.4) is 0 Å². The van der Waals surface area contributed by atoms with Crippen LogP contribution in [0.1, 0.15) is 25.7 Å². The first-order chi connectivity index (χ1) is 7.84. The molecule has 2 aliphatic heterocycles. The second kappa shape index (κ2) is 9.84. The Balaban J connectivity index is 0.00000144. The number of nitrogens with zero attached hydrogens (tertiary/aromatic N) is 1. The highest BCUT2D eigenvalue weighted by molar-refractivity contribution is 5.85. The summed E-state index contributed by atoms with van der Waals surface area (Å²) in [5.74, 6) is 0.791. The van der Waals surface area contributed by atoms with Crippen LogP contribution in [0.15, 0.2) is 0 Å². The van der Waals surface area contributed by atoms with Crippen molar-refractivity contribution in [2.24, 2.45) is 5.92 Å². The molecule has 2 heterocycles. The van der Waals surface area contributed by atoms with E-state index in [1.165, 1.54) is 25.9 Å². The summed E-state index contributed by atoms with van der Waals surface area (Å²) in [5.41, 5.74) is 0. The van der Waals surface area contributed by atoms with Gasteiger partial charge in [-0.25, -0.2) is 0 Å². The van der Waals surface area contributed by atoms with Crippen LogP contribution in [0.4, 0.5) is 0 Å². The van der Waals surface area contributed by atoms with E-state index >= 15 is 0 Å². The highest BCUT2D eigenvalue weighted by Crippen LogP contribution is 2.11. The van der Waals surface area contributed by atoms with E-state index in [9.17, 15) is 4.79 Å². The molecule has 0 aromatic heterocycles. The number of carbonyl (C=O) groups excluding carboxylic acids is 1. The molecule has 0 spiro atoms. The first kappa shape index (κ1) is 18.0. The second-order valence-corrected chi connectivity index (χ2v) is 4.96. The largest absolute Gasteiger partial charge is 0.355 e. The van der Waals surface area contributed by atoms with Gasteiger partial charge in [-0.15, -0.1) is 24.8 Å². The second-order valence-electron chi connectivity index (χ2n) is 4.96. The molecule has 0 radical (unpaired) electrons. The minimum absolute atomic E-state index is 0. The zero-order valence-corrected chi connectivity index (χ0v) is 12.5. The normalized spacial score (nSPS) is 23.2. The Morgan fingerprint density at radius 1 is 1.28 bits per heavy atom. The standard InChI is InChI=1S/C12H23N3O.2ClH/c16-12(9-11-3-4-13-10-11)14-5-8-15-6-1-2-7-15;;/h11,13H,1-10H2,(H,14,16);2*1H. The Morgan fingerprint density at radius 2 is 2.00 bits per heavy atom. The molecule has 18 heavy (non-hydrogen) atoms. The summed E-state index contributed by atoms with van der Waals surface area (Å²) in [4.78, 5) is 14.0. The fourth-order valence-corrected chi connectivity index (χ4v) is 2.58. The lowest BCUT2D eigenvalue weighted by molar-refractivity contribution is -0.121. The zero-order chi connectivity index (χ0) is 11.2. The van der Waals surface area contributed by atoms with Gasteiger partial charge >= 0.3 is 0 Å². The summed E-state index contributed by atoms with van der Waals surface area (Å²) in [6.45, 7) is 6.35. The van der Waals surface area contributed by atoms with Crippen molar-refractivity contribution >= 4 is 30.7 Å². The quantitative estimate of drug-likeness (QED) is 0.797. The summed E-state index contributed by atoms with van der Waals surface area (Å²) in [5, 5.41) is 6.32. The molecule has 1 unspecified atom stereocenters. The van der Waals surface area contributed by atoms with E-state index in [1.807, 2.05) is 0 Å². The fraction of sp³-hybridized carbons (Fsp3) is 0.917. The molecule has 108 valence electrons. The average Bonchev–Trinajstić information content (AvgIpc) is 2.90. The van der Waals surface area contributed by atoms with Gasteiger partial charge in [-0.3, -0.25) is 4.79 Å². The maximum absolute atomic E-state index is 11.6. The molecule has 4 nitrogen and oxygen atoms in total. The molecular formula is C12H25Cl2N3O. The van der Waals surface area contributed by atoms with Crippen LogP contribution in [0.25, 0.3) is 0 Å². The number of amides is 1. The van der Waals surface area contributed by atoms with Crippen LogP contribution in [0.2, 0.25) is 0 Å². The van der Waals surface area contributed by atoms with Crippen LogP contribution in [-0.2, 0) is 4.79 Å². The van der Waals surface area contributed by atoms with Crippen molar-refractivity contribution in [3.8, 4) is 0 Å². The van der Waals surface area contributed by atoms with Crippen LogP contribution in [0.5, 0.6) is 0 Å². The van der Waals surface area contributed by atoms with Crippen molar-refractivity contribution in [3.63, 3.8) is 0 Å². The predicted octanol–water partition coefficient (Wildman–Crippen LogP) is 1.04. The number of carbonyl (C=O) groups is 1. The van der Waals surface area contributed by atoms with E-state index in [4.69, 9.17) is 0 Å². The fourth-order valence-electron chi connectivity index (χ4n) is 2.58. The van der Waals surface area contributed by atoms with Gasteiger partial charge in [-0.2, -0.15) is 0 Å². The molecule has 1 amide bonds. The Bertz CT molecular complexity index is 229. The number of nitrogens with one attached hydrogen (secondary N) is 2. The van der Waals surface area contributed by atoms with E-state index in [1.54, 1.807) is 0 Å². The molecule has 1 atom stereocenters. The monoisotopic (exact) mass is 297 g/mol. The van der Waals surface area contributed by atoms with E-state index in [2.05, 4.69) is 15.5 Å². The summed E-state index contributed by atoms with van der Waals surface area (Å²) >= 11 is 0. The summed E-state index contributed by atoms with van der Waals surface area (Å²) in [6.07, 6.45) is 4.50. The van der Waals surface area contributed by atoms with Gasteiger partial charge in [-0.05, 0) is 51.4 Å². The molecule has 0 saturated carbocycles. The van der Waals surface area contributed by atoms with Gasteiger partial charge in [0.2, 0.25) is 5.91 Å². The van der Waals surface area contributed by atoms with Gasteiger partial charge in [0.15, 0.2) is 0 Å². The van der Waals surface area contributed by atoms with Crippen molar-refractivity contribution in [1.29, 1.82) is 0 Å². The number of hydrogen-bond donors (Lipinski definition) is 2. The number of halogens is 2. The molecule has 0 aromatic rings. The van der Waals surface area contributed by atoms with Gasteiger partial charge in [-0.1, -0.05) is 0 Å². The van der Waals surface area contributed by atoms with Gasteiger partial charge in [0.25, 0.3) is 0 Å². The third-order valence-electron chi connectivity index (χ3n) is 3.59. The molecule has 0 aliphatic carbocycles. The summed E-state index contributed by atoms with van der Waals surface area (Å²) in [6, 6.07) is 0. The molecule has 2 aliphatic rings. The first-order valence-electron chi connectivity index (χ1n) is 6.54. The lowest BCUT2D eigenvalue weighted by Crippen LogP contribution is -2.34. The predicted molar refractivity (Wildman–Crippen MR) is 78.8 cm³/mol. The molecule has 0 aromatic carbocycles. The van der Waals surface area contributed by atoms with Gasteiger partial charge in [0.1, 0.15) is 0 Å².